The van der Waals surface area contributed by atoms with Crippen LogP contribution in [0.1, 0.15) is 85.6 Å². The summed E-state index contributed by atoms with van der Waals surface area (Å²) in [4.78, 5) is 37.2. The first-order valence-electron chi connectivity index (χ1n) is 12.0. The number of amides is 1. The number of aryl methyl sites for hydroxylation is 1. The van der Waals surface area contributed by atoms with Crippen molar-refractivity contribution in [3.05, 3.63) is 23.0 Å². The van der Waals surface area contributed by atoms with Gasteiger partial charge in [-0.2, -0.15) is 0 Å². The van der Waals surface area contributed by atoms with Crippen molar-refractivity contribution in [3.8, 4) is 0 Å². The zero-order chi connectivity index (χ0) is 21.8. The fourth-order valence-electron chi connectivity index (χ4n) is 7.31. The first kappa shape index (κ1) is 20.8. The molecule has 0 radical (unpaired) electrons. The molecule has 1 heterocycles. The van der Waals surface area contributed by atoms with Crippen LogP contribution in [0, 0.1) is 37.0 Å². The van der Waals surface area contributed by atoms with Crippen molar-refractivity contribution in [3.63, 3.8) is 0 Å². The van der Waals surface area contributed by atoms with Gasteiger partial charge in [-0.3, -0.25) is 14.4 Å². The molecule has 5 saturated carbocycles. The maximum Gasteiger partial charge on any atom is 0.325 e. The van der Waals surface area contributed by atoms with E-state index in [1.807, 2.05) is 19.9 Å². The fourth-order valence-corrected chi connectivity index (χ4v) is 7.31. The Kier molecular flexibility index (Phi) is 5.22. The Morgan fingerprint density at radius 1 is 1.06 bits per heavy atom. The van der Waals surface area contributed by atoms with Crippen LogP contribution >= 0.6 is 0 Å². The van der Waals surface area contributed by atoms with Gasteiger partial charge in [0.1, 0.15) is 6.54 Å². The molecule has 4 bridgehead atoms. The van der Waals surface area contributed by atoms with Crippen molar-refractivity contribution in [1.29, 1.82) is 0 Å². The van der Waals surface area contributed by atoms with Crippen LogP contribution in [0.2, 0.25) is 0 Å². The second-order valence-electron chi connectivity index (χ2n) is 10.8. The number of nitrogens with zero attached hydrogens (tertiary/aromatic N) is 1. The Morgan fingerprint density at radius 2 is 1.68 bits per heavy atom. The van der Waals surface area contributed by atoms with E-state index in [0.717, 1.165) is 42.0 Å². The quantitative estimate of drug-likeness (QED) is 0.505. The van der Waals surface area contributed by atoms with Crippen LogP contribution in [0.4, 0.5) is 0 Å². The summed E-state index contributed by atoms with van der Waals surface area (Å²) >= 11 is 0. The van der Waals surface area contributed by atoms with Crippen molar-refractivity contribution >= 4 is 17.7 Å². The highest BCUT2D eigenvalue weighted by Crippen LogP contribution is 2.61. The Balaban J connectivity index is 1.08. The lowest BCUT2D eigenvalue weighted by Crippen LogP contribution is -2.48. The molecule has 0 spiro atoms. The molecule has 168 valence electrons. The predicted octanol–water partition coefficient (Wildman–Crippen LogP) is 3.89. The molecule has 1 aromatic heterocycles. The third kappa shape index (κ3) is 4.18. The van der Waals surface area contributed by atoms with Gasteiger partial charge in [0, 0.05) is 29.4 Å². The number of rotatable bonds is 8. The zero-order valence-corrected chi connectivity index (χ0v) is 18.7. The number of esters is 1. The number of hydrogen-bond donors (Lipinski definition) is 1. The molecule has 0 aliphatic heterocycles. The van der Waals surface area contributed by atoms with E-state index >= 15 is 0 Å². The Morgan fingerprint density at radius 3 is 2.26 bits per heavy atom. The highest BCUT2D eigenvalue weighted by Gasteiger charge is 2.51. The number of ketones is 1. The number of carbonyl (C=O) groups excluding carboxylic acids is 3. The smallest absolute Gasteiger partial charge is 0.325 e. The minimum Gasteiger partial charge on any atom is -0.456 e. The highest BCUT2D eigenvalue weighted by atomic mass is 16.5. The molecule has 0 aromatic carbocycles. The van der Waals surface area contributed by atoms with E-state index in [9.17, 15) is 14.4 Å². The molecule has 0 saturated heterocycles. The molecule has 6 nitrogen and oxygen atoms in total. The van der Waals surface area contributed by atoms with Crippen molar-refractivity contribution < 1.29 is 19.1 Å². The Bertz CT molecular complexity index is 876. The van der Waals surface area contributed by atoms with E-state index in [1.54, 1.807) is 0 Å². The molecule has 31 heavy (non-hydrogen) atoms. The van der Waals surface area contributed by atoms with Gasteiger partial charge in [0.25, 0.3) is 0 Å². The number of aromatic nitrogens is 1. The van der Waals surface area contributed by atoms with Crippen LogP contribution in [0.5, 0.6) is 0 Å². The molecule has 5 fully saturated rings. The van der Waals surface area contributed by atoms with E-state index in [2.05, 4.69) is 9.88 Å². The van der Waals surface area contributed by atoms with Crippen LogP contribution in [0.25, 0.3) is 0 Å². The molecule has 1 N–H and O–H groups in total. The van der Waals surface area contributed by atoms with Crippen molar-refractivity contribution in [1.82, 2.24) is 9.88 Å². The average Bonchev–Trinajstić information content (AvgIpc) is 3.47. The SMILES string of the molecule is Cc1cc(C(=O)COC(=O)CNC(=O)CC23CC4CC(CC(C4)C2)C3)c(C)n1C1CC1. The maximum absolute atomic E-state index is 12.6. The average molecular weight is 427 g/mol. The van der Waals surface area contributed by atoms with Crippen LogP contribution in [0.3, 0.4) is 0 Å². The lowest BCUT2D eigenvalue weighted by atomic mass is 9.49. The number of ether oxygens (including phenoxy) is 1. The largest absolute Gasteiger partial charge is 0.456 e. The second kappa shape index (κ2) is 7.79. The number of carbonyl (C=O) groups is 3. The van der Waals surface area contributed by atoms with Crippen LogP contribution in [-0.4, -0.2) is 35.4 Å². The second-order valence-corrected chi connectivity index (χ2v) is 10.8. The van der Waals surface area contributed by atoms with Gasteiger partial charge in [0.2, 0.25) is 11.7 Å². The standard InChI is InChI=1S/C25H34N2O4/c1-15-5-21(16(2)27(15)20-3-4-20)22(28)14-31-24(30)13-26-23(29)12-25-9-17-6-18(10-25)8-19(7-17)11-25/h5,17-20H,3-4,6-14H2,1-2H3,(H,26,29). The van der Waals surface area contributed by atoms with Crippen LogP contribution in [-0.2, 0) is 14.3 Å². The van der Waals surface area contributed by atoms with Gasteiger partial charge in [0.05, 0.1) is 0 Å². The van der Waals surface area contributed by atoms with Gasteiger partial charge in [-0.25, -0.2) is 0 Å². The van der Waals surface area contributed by atoms with Gasteiger partial charge >= 0.3 is 5.97 Å². The first-order chi connectivity index (χ1) is 14.8. The topological polar surface area (TPSA) is 77.4 Å². The Labute approximate surface area is 184 Å². The molecular weight excluding hydrogens is 392 g/mol. The third-order valence-electron chi connectivity index (χ3n) is 8.19. The van der Waals surface area contributed by atoms with Crippen molar-refractivity contribution in [2.24, 2.45) is 23.2 Å². The summed E-state index contributed by atoms with van der Waals surface area (Å²) in [5, 5.41) is 2.74. The number of nitrogens with one attached hydrogen (secondary N) is 1. The molecule has 1 aromatic rings. The monoisotopic (exact) mass is 426 g/mol. The van der Waals surface area contributed by atoms with Gasteiger partial charge in [-0.1, -0.05) is 0 Å². The highest BCUT2D eigenvalue weighted by molar-refractivity contribution is 5.99. The zero-order valence-electron chi connectivity index (χ0n) is 18.7. The van der Waals surface area contributed by atoms with Gasteiger partial charge in [-0.05, 0) is 94.4 Å². The first-order valence-corrected chi connectivity index (χ1v) is 12.0. The third-order valence-corrected chi connectivity index (χ3v) is 8.19. The van der Waals surface area contributed by atoms with E-state index in [-0.39, 0.29) is 30.3 Å². The number of hydrogen-bond acceptors (Lipinski definition) is 4. The van der Waals surface area contributed by atoms with Gasteiger partial charge in [-0.15, -0.1) is 0 Å². The molecule has 5 aliphatic rings. The fraction of sp³-hybridized carbons (Fsp3) is 0.720. The number of Topliss-reactive ketones (excluding diaryl/α,β-unsaturated/α-hetero) is 1. The molecule has 5 aliphatic carbocycles. The van der Waals surface area contributed by atoms with Gasteiger partial charge < -0.3 is 14.6 Å². The molecule has 0 unspecified atom stereocenters. The summed E-state index contributed by atoms with van der Waals surface area (Å²) in [7, 11) is 0. The van der Waals surface area contributed by atoms with E-state index in [0.29, 0.717) is 18.0 Å². The van der Waals surface area contributed by atoms with Gasteiger partial charge in [0.15, 0.2) is 6.61 Å². The summed E-state index contributed by atoms with van der Waals surface area (Å²) in [6.07, 6.45) is 10.4. The molecular formula is C25H34N2O4. The lowest BCUT2D eigenvalue weighted by molar-refractivity contribution is -0.143. The summed E-state index contributed by atoms with van der Waals surface area (Å²) in [5.41, 5.74) is 2.81. The Hall–Kier alpha value is -2.11. The van der Waals surface area contributed by atoms with Crippen LogP contribution < -0.4 is 5.32 Å². The van der Waals surface area contributed by atoms with Crippen molar-refractivity contribution in [2.75, 3.05) is 13.2 Å². The molecule has 0 atom stereocenters. The van der Waals surface area contributed by atoms with E-state index in [4.69, 9.17) is 4.74 Å². The maximum atomic E-state index is 12.6. The van der Waals surface area contributed by atoms with Crippen LogP contribution in [0.15, 0.2) is 6.07 Å². The van der Waals surface area contributed by atoms with Crippen molar-refractivity contribution in [2.45, 2.75) is 77.7 Å². The minimum atomic E-state index is -0.553. The summed E-state index contributed by atoms with van der Waals surface area (Å²) in [6.45, 7) is 3.51. The summed E-state index contributed by atoms with van der Waals surface area (Å²) in [5.74, 6) is 1.61. The summed E-state index contributed by atoms with van der Waals surface area (Å²) < 4.78 is 7.38. The normalized spacial score (nSPS) is 31.0. The van der Waals surface area contributed by atoms with E-state index in [1.165, 1.54) is 38.5 Å². The lowest BCUT2D eigenvalue weighted by Gasteiger charge is -2.56. The molecule has 6 heteroatoms. The predicted molar refractivity (Wildman–Crippen MR) is 116 cm³/mol. The summed E-state index contributed by atoms with van der Waals surface area (Å²) in [6, 6.07) is 2.39. The van der Waals surface area contributed by atoms with E-state index < -0.39 is 5.97 Å². The molecule has 6 rings (SSSR count). The molecule has 1 amide bonds. The minimum absolute atomic E-state index is 0.0572.